The fourth-order valence-corrected chi connectivity index (χ4v) is 4.38. The number of hydrogen-bond donors (Lipinski definition) is 1. The van der Waals surface area contributed by atoms with Crippen molar-refractivity contribution in [1.29, 1.82) is 0 Å². The number of hydrogen-bond acceptors (Lipinski definition) is 4. The van der Waals surface area contributed by atoms with Gasteiger partial charge < -0.3 is 19.9 Å². The number of nitrogens with one attached hydrogen (secondary N) is 1. The molecule has 2 aromatic rings. The van der Waals surface area contributed by atoms with Gasteiger partial charge in [0.1, 0.15) is 24.7 Å². The number of ether oxygens (including phenoxy) is 1. The lowest BCUT2D eigenvalue weighted by Gasteiger charge is -2.37. The molecule has 2 heterocycles. The Bertz CT molecular complexity index is 857. The Balaban J connectivity index is 1.75. The molecule has 1 unspecified atom stereocenters. The van der Waals surface area contributed by atoms with Crippen LogP contribution in [0.15, 0.2) is 35.7 Å². The number of amides is 3. The molecule has 1 atom stereocenters. The Labute approximate surface area is 174 Å². The first kappa shape index (κ1) is 21.1. The summed E-state index contributed by atoms with van der Waals surface area (Å²) in [7, 11) is 0. The number of likely N-dealkylation sites (N-methyl/N-ethyl adjacent to an activating group) is 1. The minimum atomic E-state index is -0.365. The smallest absolute Gasteiger partial charge is 0.317 e. The zero-order chi connectivity index (χ0) is 20.8. The molecule has 8 heteroatoms. The largest absolute Gasteiger partial charge is 0.491 e. The van der Waals surface area contributed by atoms with E-state index in [0.717, 1.165) is 12.0 Å². The molecule has 0 radical (unpaired) electrons. The Morgan fingerprint density at radius 3 is 2.90 bits per heavy atom. The summed E-state index contributed by atoms with van der Waals surface area (Å²) >= 11 is 1.67. The summed E-state index contributed by atoms with van der Waals surface area (Å²) < 4.78 is 19.3. The van der Waals surface area contributed by atoms with Gasteiger partial charge in [-0.05, 0) is 49.4 Å². The second-order valence-corrected chi connectivity index (χ2v) is 7.77. The van der Waals surface area contributed by atoms with E-state index in [1.807, 2.05) is 25.3 Å². The van der Waals surface area contributed by atoms with Gasteiger partial charge in [0.05, 0.1) is 6.04 Å². The number of nitrogens with zero attached hydrogens (tertiary/aromatic N) is 2. The number of rotatable bonds is 7. The molecule has 0 bridgehead atoms. The fourth-order valence-electron chi connectivity index (χ4n) is 3.45. The van der Waals surface area contributed by atoms with Crippen molar-refractivity contribution in [3.63, 3.8) is 0 Å². The molecule has 3 amide bonds. The van der Waals surface area contributed by atoms with Gasteiger partial charge in [-0.2, -0.15) is 0 Å². The van der Waals surface area contributed by atoms with Crippen LogP contribution in [0.4, 0.5) is 9.18 Å². The lowest BCUT2D eigenvalue weighted by molar-refractivity contribution is -0.135. The topological polar surface area (TPSA) is 61.9 Å². The maximum absolute atomic E-state index is 13.5. The second kappa shape index (κ2) is 9.73. The number of halogens is 1. The Morgan fingerprint density at radius 1 is 1.34 bits per heavy atom. The van der Waals surface area contributed by atoms with E-state index in [1.54, 1.807) is 28.4 Å². The van der Waals surface area contributed by atoms with Crippen molar-refractivity contribution in [3.05, 3.63) is 52.0 Å². The highest BCUT2D eigenvalue weighted by molar-refractivity contribution is 7.10. The first-order chi connectivity index (χ1) is 14.0. The average Bonchev–Trinajstić information content (AvgIpc) is 3.19. The van der Waals surface area contributed by atoms with Crippen LogP contribution < -0.4 is 10.1 Å². The maximum atomic E-state index is 13.5. The second-order valence-electron chi connectivity index (χ2n) is 6.77. The zero-order valence-corrected chi connectivity index (χ0v) is 17.5. The van der Waals surface area contributed by atoms with E-state index in [2.05, 4.69) is 5.32 Å². The van der Waals surface area contributed by atoms with Crippen molar-refractivity contribution in [2.75, 3.05) is 32.8 Å². The molecular weight excluding hydrogens is 393 g/mol. The molecule has 1 aromatic carbocycles. The number of carbonyl (C=O) groups excluding carboxylic acids is 2. The minimum Gasteiger partial charge on any atom is -0.491 e. The molecule has 1 aliphatic rings. The average molecular weight is 420 g/mol. The molecule has 0 spiro atoms. The molecule has 0 saturated carbocycles. The normalized spacial score (nSPS) is 15.6. The molecule has 156 valence electrons. The summed E-state index contributed by atoms with van der Waals surface area (Å²) in [5, 5.41) is 4.75. The van der Waals surface area contributed by atoms with Gasteiger partial charge in [-0.15, -0.1) is 11.3 Å². The highest BCUT2D eigenvalue weighted by atomic mass is 32.1. The monoisotopic (exact) mass is 419 g/mol. The Morgan fingerprint density at radius 2 is 2.17 bits per heavy atom. The lowest BCUT2D eigenvalue weighted by atomic mass is 10.0. The standard InChI is InChI=1S/C21H26FN3O3S/c1-3-23-21(27)24(4-2)13-20(26)25-10-8-19-17(9-11-29-19)18(25)14-28-16-7-5-6-15(22)12-16/h5-7,9,11-12,18H,3-4,8,10,13-14H2,1-2H3,(H,23,27). The highest BCUT2D eigenvalue weighted by Gasteiger charge is 2.33. The number of urea groups is 1. The van der Waals surface area contributed by atoms with E-state index < -0.39 is 0 Å². The van der Waals surface area contributed by atoms with Crippen LogP contribution >= 0.6 is 11.3 Å². The molecule has 1 N–H and O–H groups in total. The van der Waals surface area contributed by atoms with Crippen LogP contribution in [0.2, 0.25) is 0 Å². The van der Waals surface area contributed by atoms with Crippen LogP contribution in [0, 0.1) is 5.82 Å². The van der Waals surface area contributed by atoms with Crippen LogP contribution in [0.1, 0.15) is 30.3 Å². The third-order valence-electron chi connectivity index (χ3n) is 4.94. The summed E-state index contributed by atoms with van der Waals surface area (Å²) in [5.74, 6) is -0.0594. The minimum absolute atomic E-state index is 0.0122. The molecule has 1 aromatic heterocycles. The number of thiophene rings is 1. The lowest BCUT2D eigenvalue weighted by Crippen LogP contribution is -2.49. The van der Waals surface area contributed by atoms with Crippen LogP contribution in [0.25, 0.3) is 0 Å². The van der Waals surface area contributed by atoms with E-state index in [0.29, 0.717) is 25.4 Å². The van der Waals surface area contributed by atoms with E-state index in [1.165, 1.54) is 21.9 Å². The quantitative estimate of drug-likeness (QED) is 0.748. The van der Waals surface area contributed by atoms with Crippen molar-refractivity contribution >= 4 is 23.3 Å². The third-order valence-corrected chi connectivity index (χ3v) is 5.94. The van der Waals surface area contributed by atoms with Gasteiger partial charge in [-0.3, -0.25) is 4.79 Å². The fraction of sp³-hybridized carbons (Fsp3) is 0.429. The first-order valence-electron chi connectivity index (χ1n) is 9.80. The molecule has 1 aliphatic heterocycles. The van der Waals surface area contributed by atoms with E-state index in [4.69, 9.17) is 4.74 Å². The van der Waals surface area contributed by atoms with Crippen molar-refractivity contribution in [1.82, 2.24) is 15.1 Å². The zero-order valence-electron chi connectivity index (χ0n) is 16.7. The van der Waals surface area contributed by atoms with Gasteiger partial charge in [-0.1, -0.05) is 6.07 Å². The van der Waals surface area contributed by atoms with E-state index >= 15 is 0 Å². The predicted octanol–water partition coefficient (Wildman–Crippen LogP) is 3.44. The molecule has 6 nitrogen and oxygen atoms in total. The molecule has 0 saturated heterocycles. The number of fused-ring (bicyclic) bond motifs is 1. The maximum Gasteiger partial charge on any atom is 0.317 e. The summed E-state index contributed by atoms with van der Waals surface area (Å²) in [5.41, 5.74) is 1.06. The van der Waals surface area contributed by atoms with Crippen LogP contribution in [0.3, 0.4) is 0 Å². The predicted molar refractivity (Wildman–Crippen MR) is 111 cm³/mol. The SMILES string of the molecule is CCNC(=O)N(CC)CC(=O)N1CCc2sccc2C1COc1cccc(F)c1. The third kappa shape index (κ3) is 5.06. The molecule has 0 fully saturated rings. The molecule has 0 aliphatic carbocycles. The molecule has 29 heavy (non-hydrogen) atoms. The first-order valence-corrected chi connectivity index (χ1v) is 10.7. The summed E-state index contributed by atoms with van der Waals surface area (Å²) in [6, 6.07) is 7.48. The van der Waals surface area contributed by atoms with E-state index in [9.17, 15) is 14.0 Å². The van der Waals surface area contributed by atoms with Crippen molar-refractivity contribution in [3.8, 4) is 5.75 Å². The van der Waals surface area contributed by atoms with Gasteiger partial charge >= 0.3 is 6.03 Å². The van der Waals surface area contributed by atoms with Gasteiger partial charge in [0.2, 0.25) is 5.91 Å². The van der Waals surface area contributed by atoms with Gasteiger partial charge in [0.25, 0.3) is 0 Å². The number of carbonyl (C=O) groups is 2. The van der Waals surface area contributed by atoms with Crippen LogP contribution in [0.5, 0.6) is 5.75 Å². The summed E-state index contributed by atoms with van der Waals surface area (Å²) in [4.78, 5) is 29.7. The molecular formula is C21H26FN3O3S. The molecule has 3 rings (SSSR count). The van der Waals surface area contributed by atoms with Crippen molar-refractivity contribution in [2.24, 2.45) is 0 Å². The van der Waals surface area contributed by atoms with Crippen LogP contribution in [-0.4, -0.2) is 54.5 Å². The van der Waals surface area contributed by atoms with Gasteiger partial charge in [-0.25, -0.2) is 9.18 Å². The number of benzene rings is 1. The summed E-state index contributed by atoms with van der Waals surface area (Å²) in [6.45, 7) is 5.45. The van der Waals surface area contributed by atoms with Crippen molar-refractivity contribution in [2.45, 2.75) is 26.3 Å². The highest BCUT2D eigenvalue weighted by Crippen LogP contribution is 2.34. The van der Waals surface area contributed by atoms with Gasteiger partial charge in [0.15, 0.2) is 0 Å². The summed E-state index contributed by atoms with van der Waals surface area (Å²) in [6.07, 6.45) is 0.780. The van der Waals surface area contributed by atoms with Gasteiger partial charge in [0, 0.05) is 30.6 Å². The Kier molecular flexibility index (Phi) is 7.09. The van der Waals surface area contributed by atoms with Crippen molar-refractivity contribution < 1.29 is 18.7 Å². The van der Waals surface area contributed by atoms with E-state index in [-0.39, 0.29) is 36.9 Å². The van der Waals surface area contributed by atoms with Crippen LogP contribution in [-0.2, 0) is 11.2 Å². The Hall–Kier alpha value is -2.61.